The fraction of sp³-hybridized carbons (Fsp3) is 1.00. The molecule has 0 unspecified atom stereocenters. The Labute approximate surface area is 126 Å². The third-order valence-corrected chi connectivity index (χ3v) is 5.85. The average molecular weight is 354 g/mol. The van der Waals surface area contributed by atoms with Crippen LogP contribution in [0.1, 0.15) is 38.5 Å². The second kappa shape index (κ2) is 4.50. The van der Waals surface area contributed by atoms with E-state index in [0.717, 1.165) is 0 Å². The van der Waals surface area contributed by atoms with Crippen LogP contribution in [0.15, 0.2) is 0 Å². The standard InChI is InChI=1S/C14H15F9/c15-11(16,12(17,18)13(19,20)14(21,22)23)10-4-7-1-8(5-10)3-9(2-7)6-10/h7-9H,1-6H2. The van der Waals surface area contributed by atoms with Gasteiger partial charge in [-0.1, -0.05) is 0 Å². The maximum absolute atomic E-state index is 14.4. The summed E-state index contributed by atoms with van der Waals surface area (Å²) in [5, 5.41) is 0. The Bertz CT molecular complexity index is 452. The van der Waals surface area contributed by atoms with E-state index < -0.39 is 48.6 Å². The SMILES string of the molecule is FC(F)(F)C(F)(F)C(F)(F)C(F)(F)C12CC3CC(CC(C3)C1)C2. The van der Waals surface area contributed by atoms with Gasteiger partial charge in [0.1, 0.15) is 0 Å². The second-order valence-corrected chi connectivity index (χ2v) is 7.42. The van der Waals surface area contributed by atoms with Crippen molar-refractivity contribution in [2.24, 2.45) is 23.2 Å². The highest BCUT2D eigenvalue weighted by molar-refractivity contribution is 5.14. The van der Waals surface area contributed by atoms with Crippen LogP contribution < -0.4 is 0 Å². The van der Waals surface area contributed by atoms with Crippen molar-refractivity contribution in [3.63, 3.8) is 0 Å². The fourth-order valence-corrected chi connectivity index (χ4v) is 5.20. The van der Waals surface area contributed by atoms with Crippen LogP contribution in [0, 0.1) is 23.2 Å². The van der Waals surface area contributed by atoms with Gasteiger partial charge in [-0.25, -0.2) is 0 Å². The van der Waals surface area contributed by atoms with E-state index in [1.165, 1.54) is 0 Å². The van der Waals surface area contributed by atoms with Gasteiger partial charge in [0.05, 0.1) is 0 Å². The highest BCUT2D eigenvalue weighted by Gasteiger charge is 2.85. The molecule has 0 aliphatic heterocycles. The molecular formula is C14H15F9. The Hall–Kier alpha value is -0.630. The van der Waals surface area contributed by atoms with Crippen molar-refractivity contribution in [2.45, 2.75) is 62.5 Å². The second-order valence-electron chi connectivity index (χ2n) is 7.42. The Kier molecular flexibility index (Phi) is 3.37. The quantitative estimate of drug-likeness (QED) is 0.573. The molecule has 134 valence electrons. The van der Waals surface area contributed by atoms with Gasteiger partial charge in [0.25, 0.3) is 0 Å². The minimum atomic E-state index is -6.77. The van der Waals surface area contributed by atoms with E-state index in [0.29, 0.717) is 19.3 Å². The fourth-order valence-electron chi connectivity index (χ4n) is 5.20. The number of rotatable bonds is 3. The molecule has 0 saturated heterocycles. The first-order valence-electron chi connectivity index (χ1n) is 7.44. The van der Waals surface area contributed by atoms with Crippen molar-refractivity contribution < 1.29 is 39.5 Å². The zero-order valence-electron chi connectivity index (χ0n) is 11.9. The number of hydrogen-bond donors (Lipinski definition) is 0. The van der Waals surface area contributed by atoms with Crippen molar-refractivity contribution >= 4 is 0 Å². The van der Waals surface area contributed by atoms with Gasteiger partial charge in [-0.15, -0.1) is 0 Å². The van der Waals surface area contributed by atoms with E-state index in [9.17, 15) is 39.5 Å². The van der Waals surface area contributed by atoms with Gasteiger partial charge < -0.3 is 0 Å². The summed E-state index contributed by atoms with van der Waals surface area (Å²) < 4.78 is 119. The lowest BCUT2D eigenvalue weighted by Crippen LogP contribution is -2.68. The van der Waals surface area contributed by atoms with E-state index in [-0.39, 0.29) is 17.8 Å². The van der Waals surface area contributed by atoms with Crippen LogP contribution >= 0.6 is 0 Å². The summed E-state index contributed by atoms with van der Waals surface area (Å²) >= 11 is 0. The molecule has 4 aliphatic carbocycles. The molecule has 0 atom stereocenters. The molecule has 4 bridgehead atoms. The summed E-state index contributed by atoms with van der Waals surface area (Å²) in [6, 6.07) is 0. The van der Waals surface area contributed by atoms with Crippen LogP contribution in [0.3, 0.4) is 0 Å². The summed E-state index contributed by atoms with van der Waals surface area (Å²) in [4.78, 5) is 0. The first kappa shape index (κ1) is 17.2. The van der Waals surface area contributed by atoms with Gasteiger partial charge in [0, 0.05) is 5.41 Å². The van der Waals surface area contributed by atoms with Gasteiger partial charge in [0.15, 0.2) is 0 Å². The van der Waals surface area contributed by atoms with Crippen molar-refractivity contribution in [2.75, 3.05) is 0 Å². The summed E-state index contributed by atoms with van der Waals surface area (Å²) in [5.74, 6) is -19.5. The first-order valence-corrected chi connectivity index (χ1v) is 7.44. The Balaban J connectivity index is 2.01. The van der Waals surface area contributed by atoms with Crippen LogP contribution in [0.4, 0.5) is 39.5 Å². The van der Waals surface area contributed by atoms with Gasteiger partial charge in [-0.05, 0) is 56.3 Å². The summed E-state index contributed by atoms with van der Waals surface area (Å²) in [7, 11) is 0. The molecule has 0 radical (unpaired) electrons. The molecule has 0 nitrogen and oxygen atoms in total. The molecule has 4 rings (SSSR count). The number of hydrogen-bond acceptors (Lipinski definition) is 0. The monoisotopic (exact) mass is 354 g/mol. The molecule has 0 aromatic carbocycles. The maximum Gasteiger partial charge on any atom is 0.460 e. The zero-order chi connectivity index (χ0) is 17.5. The Morgan fingerprint density at radius 3 is 1.22 bits per heavy atom. The van der Waals surface area contributed by atoms with E-state index in [1.807, 2.05) is 0 Å². The third kappa shape index (κ3) is 2.06. The molecule has 0 N–H and O–H groups in total. The summed E-state index contributed by atoms with van der Waals surface area (Å²) in [6.45, 7) is 0. The highest BCUT2D eigenvalue weighted by atomic mass is 19.4. The lowest BCUT2D eigenvalue weighted by atomic mass is 9.47. The molecular weight excluding hydrogens is 339 g/mol. The van der Waals surface area contributed by atoms with Crippen molar-refractivity contribution in [1.82, 2.24) is 0 Å². The molecule has 4 saturated carbocycles. The molecule has 9 heteroatoms. The van der Waals surface area contributed by atoms with Crippen molar-refractivity contribution in [3.05, 3.63) is 0 Å². The maximum atomic E-state index is 14.4. The lowest BCUT2D eigenvalue weighted by Gasteiger charge is -2.60. The first-order chi connectivity index (χ1) is 10.2. The number of halogens is 9. The minimum absolute atomic E-state index is 0.289. The van der Waals surface area contributed by atoms with E-state index in [1.54, 1.807) is 0 Å². The topological polar surface area (TPSA) is 0 Å². The third-order valence-electron chi connectivity index (χ3n) is 5.85. The summed E-state index contributed by atoms with van der Waals surface area (Å²) in [6.07, 6.45) is -6.26. The predicted molar refractivity (Wildman–Crippen MR) is 61.5 cm³/mol. The average Bonchev–Trinajstić information content (AvgIpc) is 2.34. The number of alkyl halides is 9. The van der Waals surface area contributed by atoms with E-state index in [2.05, 4.69) is 0 Å². The molecule has 4 fully saturated rings. The Morgan fingerprint density at radius 1 is 0.565 bits per heavy atom. The smallest absolute Gasteiger partial charge is 0.199 e. The van der Waals surface area contributed by atoms with Crippen molar-refractivity contribution in [3.8, 4) is 0 Å². The van der Waals surface area contributed by atoms with Crippen LogP contribution in [0.25, 0.3) is 0 Å². The van der Waals surface area contributed by atoms with Crippen LogP contribution in [-0.2, 0) is 0 Å². The van der Waals surface area contributed by atoms with Crippen LogP contribution in [0.2, 0.25) is 0 Å². The van der Waals surface area contributed by atoms with Crippen LogP contribution in [0.5, 0.6) is 0 Å². The van der Waals surface area contributed by atoms with Crippen molar-refractivity contribution in [1.29, 1.82) is 0 Å². The lowest BCUT2D eigenvalue weighted by molar-refractivity contribution is -0.419. The minimum Gasteiger partial charge on any atom is -0.199 e. The largest absolute Gasteiger partial charge is 0.460 e. The predicted octanol–water partition coefficient (Wildman–Crippen LogP) is 5.67. The molecule has 23 heavy (non-hydrogen) atoms. The molecule has 0 spiro atoms. The molecule has 0 heterocycles. The molecule has 0 amide bonds. The molecule has 0 aromatic rings. The van der Waals surface area contributed by atoms with Gasteiger partial charge in [-0.3, -0.25) is 0 Å². The normalized spacial score (nSPS) is 38.2. The van der Waals surface area contributed by atoms with Gasteiger partial charge in [0.2, 0.25) is 0 Å². The Morgan fingerprint density at radius 2 is 0.913 bits per heavy atom. The highest BCUT2D eigenvalue weighted by Crippen LogP contribution is 2.69. The zero-order valence-corrected chi connectivity index (χ0v) is 11.9. The van der Waals surface area contributed by atoms with E-state index in [4.69, 9.17) is 0 Å². The van der Waals surface area contributed by atoms with Gasteiger partial charge in [-0.2, -0.15) is 39.5 Å². The van der Waals surface area contributed by atoms with E-state index >= 15 is 0 Å². The molecule has 4 aliphatic rings. The van der Waals surface area contributed by atoms with Crippen LogP contribution in [-0.4, -0.2) is 23.9 Å². The molecule has 0 aromatic heterocycles. The van der Waals surface area contributed by atoms with Gasteiger partial charge >= 0.3 is 23.9 Å². The summed E-state index contributed by atoms with van der Waals surface area (Å²) in [5.41, 5.74) is -2.46.